The highest BCUT2D eigenvalue weighted by atomic mass is 32.2. The number of carbonyl (C=O) groups is 2. The molecule has 2 rings (SSSR count). The van der Waals surface area contributed by atoms with Gasteiger partial charge in [0.2, 0.25) is 0 Å². The van der Waals surface area contributed by atoms with Crippen LogP contribution in [0.15, 0.2) is 29.2 Å². The van der Waals surface area contributed by atoms with E-state index >= 15 is 0 Å². The van der Waals surface area contributed by atoms with Crippen LogP contribution in [0.5, 0.6) is 0 Å². The molecular weight excluding hydrogens is 340 g/mol. The van der Waals surface area contributed by atoms with Gasteiger partial charge in [-0.25, -0.2) is 0 Å². The van der Waals surface area contributed by atoms with Crippen LogP contribution >= 0.6 is 11.8 Å². The van der Waals surface area contributed by atoms with Crippen LogP contribution in [-0.4, -0.2) is 43.1 Å². The van der Waals surface area contributed by atoms with Crippen LogP contribution in [0.2, 0.25) is 0 Å². The number of esters is 1. The lowest BCUT2D eigenvalue weighted by atomic mass is 10.1. The molecule has 2 atom stereocenters. The molecule has 5 nitrogen and oxygen atoms in total. The van der Waals surface area contributed by atoms with Gasteiger partial charge in [-0.3, -0.25) is 9.59 Å². The molecule has 1 saturated heterocycles. The standard InChI is InChI=1S/C19H26O5S/c1-3-22-19(21)18(14(2)20)25-16-9-7-15(8-10-16)11-13-24-17-6-4-5-12-23-17/h7-10,17-18H,3-6,11-13H2,1-2H3. The van der Waals surface area contributed by atoms with E-state index < -0.39 is 11.2 Å². The van der Waals surface area contributed by atoms with Crippen LogP contribution in [0.4, 0.5) is 0 Å². The van der Waals surface area contributed by atoms with E-state index in [0.29, 0.717) is 6.61 Å². The van der Waals surface area contributed by atoms with Crippen molar-refractivity contribution < 1.29 is 23.8 Å². The molecule has 1 aromatic carbocycles. The van der Waals surface area contributed by atoms with Crippen LogP contribution < -0.4 is 0 Å². The van der Waals surface area contributed by atoms with Crippen LogP contribution in [0.25, 0.3) is 0 Å². The van der Waals surface area contributed by atoms with Gasteiger partial charge in [0, 0.05) is 11.5 Å². The quantitative estimate of drug-likeness (QED) is 0.379. The molecule has 0 radical (unpaired) electrons. The fraction of sp³-hybridized carbons (Fsp3) is 0.579. The number of carbonyl (C=O) groups excluding carboxylic acids is 2. The van der Waals surface area contributed by atoms with Crippen molar-refractivity contribution in [2.75, 3.05) is 19.8 Å². The van der Waals surface area contributed by atoms with Gasteiger partial charge in [0.25, 0.3) is 0 Å². The highest BCUT2D eigenvalue weighted by Crippen LogP contribution is 2.25. The fourth-order valence-corrected chi connectivity index (χ4v) is 3.43. The molecule has 0 aromatic heterocycles. The van der Waals surface area contributed by atoms with Crippen molar-refractivity contribution in [3.63, 3.8) is 0 Å². The molecular formula is C19H26O5S. The zero-order valence-corrected chi connectivity index (χ0v) is 15.7. The molecule has 1 fully saturated rings. The van der Waals surface area contributed by atoms with Gasteiger partial charge in [-0.05, 0) is 57.2 Å². The molecule has 6 heteroatoms. The molecule has 0 bridgehead atoms. The zero-order valence-electron chi connectivity index (χ0n) is 14.9. The normalized spacial score (nSPS) is 18.6. The van der Waals surface area contributed by atoms with Crippen molar-refractivity contribution in [2.45, 2.75) is 56.0 Å². The van der Waals surface area contributed by atoms with Gasteiger partial charge in [-0.15, -0.1) is 11.8 Å². The van der Waals surface area contributed by atoms with E-state index in [2.05, 4.69) is 0 Å². The average molecular weight is 366 g/mol. The Morgan fingerprint density at radius 2 is 2.04 bits per heavy atom. The lowest BCUT2D eigenvalue weighted by Crippen LogP contribution is -2.27. The van der Waals surface area contributed by atoms with Crippen LogP contribution in [-0.2, 0) is 30.2 Å². The number of ketones is 1. The zero-order chi connectivity index (χ0) is 18.1. The third-order valence-corrected chi connectivity index (χ3v) is 5.18. The summed E-state index contributed by atoms with van der Waals surface area (Å²) < 4.78 is 16.2. The summed E-state index contributed by atoms with van der Waals surface area (Å²) in [6.07, 6.45) is 3.99. The number of Topliss-reactive ketones (excluding diaryl/α,β-unsaturated/α-hetero) is 1. The Morgan fingerprint density at radius 1 is 1.28 bits per heavy atom. The summed E-state index contributed by atoms with van der Waals surface area (Å²) in [7, 11) is 0. The van der Waals surface area contributed by atoms with E-state index in [0.717, 1.165) is 42.7 Å². The van der Waals surface area contributed by atoms with Gasteiger partial charge in [0.15, 0.2) is 17.3 Å². The van der Waals surface area contributed by atoms with E-state index in [9.17, 15) is 9.59 Å². The highest BCUT2D eigenvalue weighted by Gasteiger charge is 2.25. The maximum Gasteiger partial charge on any atom is 0.327 e. The van der Waals surface area contributed by atoms with Crippen molar-refractivity contribution in [3.8, 4) is 0 Å². The Labute approximate surface area is 153 Å². The first-order valence-electron chi connectivity index (χ1n) is 8.76. The predicted octanol–water partition coefficient (Wildman–Crippen LogP) is 3.39. The Kier molecular flexibility index (Phi) is 8.44. The summed E-state index contributed by atoms with van der Waals surface area (Å²) in [5.41, 5.74) is 1.15. The molecule has 2 unspecified atom stereocenters. The largest absolute Gasteiger partial charge is 0.465 e. The lowest BCUT2D eigenvalue weighted by Gasteiger charge is -2.22. The number of rotatable bonds is 9. The SMILES string of the molecule is CCOC(=O)C(Sc1ccc(CCOC2CCCCO2)cc1)C(C)=O. The fourth-order valence-electron chi connectivity index (χ4n) is 2.54. The Hall–Kier alpha value is -1.37. The summed E-state index contributed by atoms with van der Waals surface area (Å²) in [6.45, 7) is 4.82. The van der Waals surface area contributed by atoms with Gasteiger partial charge < -0.3 is 14.2 Å². The topological polar surface area (TPSA) is 61.8 Å². The van der Waals surface area contributed by atoms with Crippen molar-refractivity contribution >= 4 is 23.5 Å². The first-order valence-corrected chi connectivity index (χ1v) is 9.64. The molecule has 0 N–H and O–H groups in total. The minimum absolute atomic E-state index is 0.0653. The molecule has 0 saturated carbocycles. The van der Waals surface area contributed by atoms with Gasteiger partial charge in [-0.2, -0.15) is 0 Å². The van der Waals surface area contributed by atoms with Crippen molar-refractivity contribution in [1.82, 2.24) is 0 Å². The Balaban J connectivity index is 1.81. The molecule has 25 heavy (non-hydrogen) atoms. The van der Waals surface area contributed by atoms with E-state index in [-0.39, 0.29) is 18.7 Å². The van der Waals surface area contributed by atoms with Gasteiger partial charge in [0.1, 0.15) is 0 Å². The minimum atomic E-state index is -0.808. The Morgan fingerprint density at radius 3 is 2.64 bits per heavy atom. The first-order chi connectivity index (χ1) is 12.1. The number of hydrogen-bond acceptors (Lipinski definition) is 6. The Bertz CT molecular complexity index is 551. The van der Waals surface area contributed by atoms with Crippen molar-refractivity contribution in [3.05, 3.63) is 29.8 Å². The second-order valence-corrected chi connectivity index (χ2v) is 7.10. The highest BCUT2D eigenvalue weighted by molar-refractivity contribution is 8.01. The summed E-state index contributed by atoms with van der Waals surface area (Å²) in [5.74, 6) is -0.682. The second-order valence-electron chi connectivity index (χ2n) is 5.92. The number of hydrogen-bond donors (Lipinski definition) is 0. The maximum absolute atomic E-state index is 11.9. The second kappa shape index (κ2) is 10.6. The predicted molar refractivity (Wildman–Crippen MR) is 96.6 cm³/mol. The minimum Gasteiger partial charge on any atom is -0.465 e. The molecule has 0 amide bonds. The van der Waals surface area contributed by atoms with Crippen molar-refractivity contribution in [2.24, 2.45) is 0 Å². The molecule has 1 aromatic rings. The van der Waals surface area contributed by atoms with Gasteiger partial charge in [0.05, 0.1) is 13.2 Å². The van der Waals surface area contributed by atoms with Crippen LogP contribution in [0, 0.1) is 0 Å². The molecule has 0 spiro atoms. The number of thioether (sulfide) groups is 1. The van der Waals surface area contributed by atoms with Crippen LogP contribution in [0.3, 0.4) is 0 Å². The molecule has 0 aliphatic carbocycles. The van der Waals surface area contributed by atoms with Gasteiger partial charge >= 0.3 is 5.97 Å². The van der Waals surface area contributed by atoms with E-state index in [1.54, 1.807) is 6.92 Å². The van der Waals surface area contributed by atoms with E-state index in [4.69, 9.17) is 14.2 Å². The molecule has 1 aliphatic heterocycles. The summed E-state index contributed by atoms with van der Waals surface area (Å²) in [5, 5.41) is -0.808. The molecule has 138 valence electrons. The summed E-state index contributed by atoms with van der Waals surface area (Å²) in [6, 6.07) is 7.84. The lowest BCUT2D eigenvalue weighted by molar-refractivity contribution is -0.161. The maximum atomic E-state index is 11.9. The van der Waals surface area contributed by atoms with Crippen molar-refractivity contribution in [1.29, 1.82) is 0 Å². The summed E-state index contributed by atoms with van der Waals surface area (Å²) in [4.78, 5) is 24.4. The van der Waals surface area contributed by atoms with Gasteiger partial charge in [-0.1, -0.05) is 12.1 Å². The van der Waals surface area contributed by atoms with E-state index in [1.807, 2.05) is 24.3 Å². The first kappa shape index (κ1) is 19.9. The number of benzene rings is 1. The summed E-state index contributed by atoms with van der Waals surface area (Å²) >= 11 is 1.22. The number of ether oxygens (including phenoxy) is 3. The average Bonchev–Trinajstić information content (AvgIpc) is 2.61. The monoisotopic (exact) mass is 366 g/mol. The molecule has 1 heterocycles. The smallest absolute Gasteiger partial charge is 0.327 e. The third kappa shape index (κ3) is 6.80. The third-order valence-electron chi connectivity index (χ3n) is 3.88. The molecule has 1 aliphatic rings. The van der Waals surface area contributed by atoms with Crippen LogP contribution in [0.1, 0.15) is 38.7 Å². The van der Waals surface area contributed by atoms with E-state index in [1.165, 1.54) is 18.7 Å².